The topological polar surface area (TPSA) is 58.4 Å². The fourth-order valence-electron chi connectivity index (χ4n) is 2.99. The summed E-state index contributed by atoms with van der Waals surface area (Å²) < 4.78 is 6.91. The van der Waals surface area contributed by atoms with Gasteiger partial charge in [0.1, 0.15) is 0 Å². The molecule has 0 radical (unpaired) electrons. The van der Waals surface area contributed by atoms with E-state index in [2.05, 4.69) is 26.2 Å². The summed E-state index contributed by atoms with van der Waals surface area (Å²) in [6, 6.07) is 8.25. The van der Waals surface area contributed by atoms with E-state index in [4.69, 9.17) is 4.42 Å². The number of amides is 1. The maximum Gasteiger partial charge on any atom is 0.223 e. The highest BCUT2D eigenvalue weighted by molar-refractivity contribution is 9.10. The van der Waals surface area contributed by atoms with Gasteiger partial charge in [0.05, 0.1) is 5.69 Å². The Balaban J connectivity index is 1.62. The first-order valence-corrected chi connectivity index (χ1v) is 9.02. The number of oxazole rings is 1. The highest BCUT2D eigenvalue weighted by Crippen LogP contribution is 2.26. The molecule has 1 aliphatic rings. The van der Waals surface area contributed by atoms with Crippen molar-refractivity contribution in [1.29, 1.82) is 0 Å². The van der Waals surface area contributed by atoms with Crippen LogP contribution in [-0.2, 0) is 11.2 Å². The number of nitrogens with zero attached hydrogens (tertiary/aromatic N) is 2. The smallest absolute Gasteiger partial charge is 0.223 e. The Kier molecular flexibility index (Phi) is 5.36. The van der Waals surface area contributed by atoms with Crippen molar-refractivity contribution in [1.82, 2.24) is 15.2 Å². The number of carbonyl (C=O) groups excluding carboxylic acids is 1. The molecule has 1 N–H and O–H groups in total. The van der Waals surface area contributed by atoms with Crippen LogP contribution in [0.1, 0.15) is 24.4 Å². The first-order valence-electron chi connectivity index (χ1n) is 8.23. The minimum atomic E-state index is 0.143. The number of likely N-dealkylation sites (N-methyl/N-ethyl adjacent to an activating group) is 1. The molecular weight excluding hydrogens is 370 g/mol. The fraction of sp³-hybridized carbons (Fsp3) is 0.444. The summed E-state index contributed by atoms with van der Waals surface area (Å²) in [5, 5.41) is 3.29. The summed E-state index contributed by atoms with van der Waals surface area (Å²) in [4.78, 5) is 18.7. The first-order chi connectivity index (χ1) is 11.5. The van der Waals surface area contributed by atoms with Gasteiger partial charge in [-0.25, -0.2) is 4.98 Å². The lowest BCUT2D eigenvalue weighted by Crippen LogP contribution is -2.38. The monoisotopic (exact) mass is 391 g/mol. The summed E-state index contributed by atoms with van der Waals surface area (Å²) in [6.45, 7) is 3.80. The summed E-state index contributed by atoms with van der Waals surface area (Å²) in [7, 11) is 1.88. The Bertz CT molecular complexity index is 706. The largest absolute Gasteiger partial charge is 0.440 e. The maximum absolute atomic E-state index is 12.3. The van der Waals surface area contributed by atoms with Crippen LogP contribution in [0.2, 0.25) is 0 Å². The first kappa shape index (κ1) is 17.2. The van der Waals surface area contributed by atoms with Gasteiger partial charge in [-0.1, -0.05) is 28.1 Å². The predicted molar refractivity (Wildman–Crippen MR) is 96.7 cm³/mol. The summed E-state index contributed by atoms with van der Waals surface area (Å²) >= 11 is 3.43. The van der Waals surface area contributed by atoms with Crippen molar-refractivity contribution in [3.63, 3.8) is 0 Å². The van der Waals surface area contributed by atoms with Gasteiger partial charge in [-0.05, 0) is 32.0 Å². The molecule has 128 valence electrons. The molecule has 2 heterocycles. The molecule has 1 fully saturated rings. The van der Waals surface area contributed by atoms with Crippen LogP contribution in [0.3, 0.4) is 0 Å². The molecule has 1 aromatic carbocycles. The predicted octanol–water partition coefficient (Wildman–Crippen LogP) is 3.17. The second-order valence-electron chi connectivity index (χ2n) is 6.18. The van der Waals surface area contributed by atoms with Crippen LogP contribution in [-0.4, -0.2) is 42.0 Å². The van der Waals surface area contributed by atoms with Crippen LogP contribution >= 0.6 is 15.9 Å². The number of carbonyl (C=O) groups is 1. The van der Waals surface area contributed by atoms with Crippen molar-refractivity contribution in [3.05, 3.63) is 40.3 Å². The van der Waals surface area contributed by atoms with Crippen molar-refractivity contribution in [2.75, 3.05) is 20.1 Å². The molecule has 0 saturated carbocycles. The number of hydrogen-bond acceptors (Lipinski definition) is 4. The molecule has 0 bridgehead atoms. The minimum Gasteiger partial charge on any atom is -0.440 e. The van der Waals surface area contributed by atoms with E-state index in [1.165, 1.54) is 0 Å². The van der Waals surface area contributed by atoms with E-state index in [0.29, 0.717) is 24.8 Å². The third kappa shape index (κ3) is 3.87. The molecule has 1 aromatic heterocycles. The quantitative estimate of drug-likeness (QED) is 0.850. The van der Waals surface area contributed by atoms with Crippen molar-refractivity contribution < 1.29 is 9.21 Å². The third-order valence-corrected chi connectivity index (χ3v) is 5.00. The average Bonchev–Trinajstić information content (AvgIpc) is 3.22. The normalized spacial score (nSPS) is 17.2. The number of aromatic nitrogens is 1. The molecule has 1 aliphatic heterocycles. The molecular formula is C18H22BrN3O2. The Hall–Kier alpha value is -1.66. The SMILES string of the molecule is Cc1nc(CCC(=O)N(C)[C@@H]2CCNC2)oc1-c1ccc(Br)cc1. The number of hydrogen-bond donors (Lipinski definition) is 1. The Morgan fingerprint density at radius 3 is 2.83 bits per heavy atom. The summed E-state index contributed by atoms with van der Waals surface area (Å²) in [5.74, 6) is 1.54. The zero-order valence-electron chi connectivity index (χ0n) is 14.0. The molecule has 5 nitrogen and oxygen atoms in total. The lowest BCUT2D eigenvalue weighted by molar-refractivity contribution is -0.131. The average molecular weight is 392 g/mol. The lowest BCUT2D eigenvalue weighted by Gasteiger charge is -2.23. The van der Waals surface area contributed by atoms with E-state index in [1.807, 2.05) is 43.1 Å². The van der Waals surface area contributed by atoms with Gasteiger partial charge < -0.3 is 14.6 Å². The van der Waals surface area contributed by atoms with Crippen LogP contribution in [0.4, 0.5) is 0 Å². The molecule has 0 unspecified atom stereocenters. The highest BCUT2D eigenvalue weighted by Gasteiger charge is 2.23. The maximum atomic E-state index is 12.3. The Morgan fingerprint density at radius 2 is 2.17 bits per heavy atom. The third-order valence-electron chi connectivity index (χ3n) is 4.48. The zero-order valence-corrected chi connectivity index (χ0v) is 15.6. The molecule has 1 amide bonds. The van der Waals surface area contributed by atoms with Gasteiger partial charge in [-0.3, -0.25) is 4.79 Å². The fourth-order valence-corrected chi connectivity index (χ4v) is 3.26. The molecule has 0 spiro atoms. The van der Waals surface area contributed by atoms with Crippen molar-refractivity contribution in [3.8, 4) is 11.3 Å². The van der Waals surface area contributed by atoms with Crippen LogP contribution in [0.25, 0.3) is 11.3 Å². The van der Waals surface area contributed by atoms with Crippen LogP contribution in [0.15, 0.2) is 33.2 Å². The molecule has 1 saturated heterocycles. The molecule has 1 atom stereocenters. The van der Waals surface area contributed by atoms with Gasteiger partial charge >= 0.3 is 0 Å². The van der Waals surface area contributed by atoms with Crippen molar-refractivity contribution >= 4 is 21.8 Å². The number of rotatable bonds is 5. The van der Waals surface area contributed by atoms with Crippen LogP contribution < -0.4 is 5.32 Å². The van der Waals surface area contributed by atoms with Gasteiger partial charge in [0.2, 0.25) is 5.91 Å². The van der Waals surface area contributed by atoms with Gasteiger partial charge in [-0.15, -0.1) is 0 Å². The van der Waals surface area contributed by atoms with E-state index in [0.717, 1.165) is 41.0 Å². The van der Waals surface area contributed by atoms with E-state index in [9.17, 15) is 4.79 Å². The van der Waals surface area contributed by atoms with E-state index in [-0.39, 0.29) is 5.91 Å². The summed E-state index contributed by atoms with van der Waals surface area (Å²) in [5.41, 5.74) is 1.85. The Labute approximate surface area is 150 Å². The van der Waals surface area contributed by atoms with E-state index >= 15 is 0 Å². The second-order valence-corrected chi connectivity index (χ2v) is 7.10. The van der Waals surface area contributed by atoms with Gasteiger partial charge in [0.15, 0.2) is 11.7 Å². The molecule has 0 aliphatic carbocycles. The number of nitrogens with one attached hydrogen (secondary N) is 1. The number of aryl methyl sites for hydroxylation is 2. The number of halogens is 1. The van der Waals surface area contributed by atoms with Gasteiger partial charge in [0, 0.05) is 42.5 Å². The standard InChI is InChI=1S/C18H22BrN3O2/c1-12-18(13-3-5-14(19)6-4-13)24-16(21-12)7-8-17(23)22(2)15-9-10-20-11-15/h3-6,15,20H,7-11H2,1-2H3/t15-/m1/s1. The minimum absolute atomic E-state index is 0.143. The lowest BCUT2D eigenvalue weighted by atomic mass is 10.1. The summed E-state index contributed by atoms with van der Waals surface area (Å²) in [6.07, 6.45) is 1.97. The van der Waals surface area contributed by atoms with Gasteiger partial charge in [0.25, 0.3) is 0 Å². The molecule has 3 rings (SSSR count). The van der Waals surface area contributed by atoms with Gasteiger partial charge in [-0.2, -0.15) is 0 Å². The number of benzene rings is 1. The van der Waals surface area contributed by atoms with Crippen LogP contribution in [0, 0.1) is 6.92 Å². The second kappa shape index (κ2) is 7.49. The Morgan fingerprint density at radius 1 is 1.42 bits per heavy atom. The zero-order chi connectivity index (χ0) is 17.1. The molecule has 24 heavy (non-hydrogen) atoms. The molecule has 6 heteroatoms. The van der Waals surface area contributed by atoms with Crippen LogP contribution in [0.5, 0.6) is 0 Å². The molecule has 2 aromatic rings. The van der Waals surface area contributed by atoms with E-state index in [1.54, 1.807) is 0 Å². The van der Waals surface area contributed by atoms with Crippen molar-refractivity contribution in [2.24, 2.45) is 0 Å². The highest BCUT2D eigenvalue weighted by atomic mass is 79.9. The van der Waals surface area contributed by atoms with E-state index < -0.39 is 0 Å². The van der Waals surface area contributed by atoms with Crippen molar-refractivity contribution in [2.45, 2.75) is 32.2 Å².